The number of halogens is 3. The van der Waals surface area contributed by atoms with Gasteiger partial charge in [-0.25, -0.2) is 4.68 Å². The van der Waals surface area contributed by atoms with Crippen LogP contribution in [0.1, 0.15) is 63.2 Å². The van der Waals surface area contributed by atoms with Crippen molar-refractivity contribution in [2.24, 2.45) is 11.8 Å². The molecule has 2 N–H and O–H groups in total. The summed E-state index contributed by atoms with van der Waals surface area (Å²) in [4.78, 5) is 38.3. The molecular weight excluding hydrogens is 509 g/mol. The van der Waals surface area contributed by atoms with Crippen LogP contribution in [-0.2, 0) is 11.0 Å². The van der Waals surface area contributed by atoms with Gasteiger partial charge >= 0.3 is 6.18 Å². The number of nitrogens with one attached hydrogen (secondary N) is 2. The van der Waals surface area contributed by atoms with E-state index in [0.29, 0.717) is 31.4 Å². The molecule has 1 heterocycles. The second-order valence-electron chi connectivity index (χ2n) is 9.90. The lowest BCUT2D eigenvalue weighted by molar-refractivity contribution is -0.141. The van der Waals surface area contributed by atoms with Gasteiger partial charge in [0.2, 0.25) is 5.91 Å². The van der Waals surface area contributed by atoms with Crippen LogP contribution in [0.2, 0.25) is 0 Å². The predicted octanol–water partition coefficient (Wildman–Crippen LogP) is 5.04. The SMILES string of the molecule is Cc1cccc(C)c1C(=O)[C@H]1CC[C@H](C(=O)NCCNC(=O)c2cn(-c3ccccc3)nc2C(F)(F)F)CC1. The highest BCUT2D eigenvalue weighted by Gasteiger charge is 2.39. The Labute approximate surface area is 224 Å². The molecule has 0 radical (unpaired) electrons. The predicted molar refractivity (Wildman–Crippen MR) is 140 cm³/mol. The van der Waals surface area contributed by atoms with Crippen molar-refractivity contribution in [2.75, 3.05) is 13.1 Å². The molecule has 1 saturated carbocycles. The number of ketones is 1. The van der Waals surface area contributed by atoms with E-state index in [9.17, 15) is 27.6 Å². The van der Waals surface area contributed by atoms with Crippen molar-refractivity contribution in [3.63, 3.8) is 0 Å². The number of nitrogens with zero attached hydrogens (tertiary/aromatic N) is 2. The van der Waals surface area contributed by atoms with E-state index in [2.05, 4.69) is 15.7 Å². The first-order valence-corrected chi connectivity index (χ1v) is 12.9. The fourth-order valence-electron chi connectivity index (χ4n) is 5.09. The Morgan fingerprint density at radius 2 is 1.46 bits per heavy atom. The van der Waals surface area contributed by atoms with E-state index >= 15 is 0 Å². The Morgan fingerprint density at radius 3 is 2.08 bits per heavy atom. The number of aryl methyl sites for hydroxylation is 2. The first kappa shape index (κ1) is 28.1. The van der Waals surface area contributed by atoms with Crippen LogP contribution in [0, 0.1) is 25.7 Å². The molecule has 39 heavy (non-hydrogen) atoms. The number of hydrogen-bond acceptors (Lipinski definition) is 4. The molecule has 1 aliphatic rings. The number of amides is 2. The summed E-state index contributed by atoms with van der Waals surface area (Å²) in [6, 6.07) is 14.0. The van der Waals surface area contributed by atoms with Crippen LogP contribution in [0.15, 0.2) is 54.7 Å². The fraction of sp³-hybridized carbons (Fsp3) is 0.379. The van der Waals surface area contributed by atoms with Crippen molar-refractivity contribution in [3.8, 4) is 5.69 Å². The summed E-state index contributed by atoms with van der Waals surface area (Å²) in [6.45, 7) is 3.88. The Bertz CT molecular complexity index is 1320. The minimum atomic E-state index is -4.81. The van der Waals surface area contributed by atoms with Crippen molar-refractivity contribution >= 4 is 17.6 Å². The summed E-state index contributed by atoms with van der Waals surface area (Å²) in [6.07, 6.45) is -1.37. The Balaban J connectivity index is 1.27. The maximum Gasteiger partial charge on any atom is 0.435 e. The number of rotatable bonds is 8. The lowest BCUT2D eigenvalue weighted by Crippen LogP contribution is -2.39. The van der Waals surface area contributed by atoms with Gasteiger partial charge in [-0.15, -0.1) is 0 Å². The molecule has 0 spiro atoms. The number of hydrogen-bond donors (Lipinski definition) is 2. The van der Waals surface area contributed by atoms with Crippen molar-refractivity contribution in [3.05, 3.63) is 82.7 Å². The number of alkyl halides is 3. The maximum atomic E-state index is 13.5. The van der Waals surface area contributed by atoms with E-state index in [1.807, 2.05) is 32.0 Å². The van der Waals surface area contributed by atoms with Crippen LogP contribution in [0.4, 0.5) is 13.2 Å². The van der Waals surface area contributed by atoms with Crippen LogP contribution in [0.5, 0.6) is 0 Å². The third-order valence-electron chi connectivity index (χ3n) is 7.15. The monoisotopic (exact) mass is 540 g/mol. The number of aromatic nitrogens is 2. The largest absolute Gasteiger partial charge is 0.435 e. The Hall–Kier alpha value is -3.95. The van der Waals surface area contributed by atoms with Gasteiger partial charge in [0.1, 0.15) is 0 Å². The van der Waals surface area contributed by atoms with E-state index in [1.165, 1.54) is 0 Å². The van der Waals surface area contributed by atoms with Crippen LogP contribution in [0.3, 0.4) is 0 Å². The number of para-hydroxylation sites is 1. The smallest absolute Gasteiger partial charge is 0.354 e. The molecular formula is C29H31F3N4O3. The number of benzene rings is 2. The number of carbonyl (C=O) groups is 3. The molecule has 0 bridgehead atoms. The van der Waals surface area contributed by atoms with Crippen molar-refractivity contribution in [1.29, 1.82) is 0 Å². The van der Waals surface area contributed by atoms with Gasteiger partial charge in [0, 0.05) is 36.7 Å². The van der Waals surface area contributed by atoms with Crippen molar-refractivity contribution in [1.82, 2.24) is 20.4 Å². The number of Topliss-reactive ketones (excluding diaryl/α,β-unsaturated/α-hetero) is 1. The van der Waals surface area contributed by atoms with E-state index in [-0.39, 0.29) is 36.6 Å². The van der Waals surface area contributed by atoms with Gasteiger partial charge < -0.3 is 10.6 Å². The van der Waals surface area contributed by atoms with E-state index in [4.69, 9.17) is 0 Å². The van der Waals surface area contributed by atoms with Gasteiger partial charge in [0.25, 0.3) is 5.91 Å². The zero-order valence-electron chi connectivity index (χ0n) is 21.8. The third kappa shape index (κ3) is 6.55. The molecule has 10 heteroatoms. The van der Waals surface area contributed by atoms with Gasteiger partial charge in [0.15, 0.2) is 11.5 Å². The average molecular weight is 541 g/mol. The van der Waals surface area contributed by atoms with Crippen LogP contribution in [-0.4, -0.2) is 40.5 Å². The highest BCUT2D eigenvalue weighted by molar-refractivity contribution is 6.00. The second kappa shape index (κ2) is 11.8. The molecule has 7 nitrogen and oxygen atoms in total. The summed E-state index contributed by atoms with van der Waals surface area (Å²) in [5.74, 6) is -1.35. The topological polar surface area (TPSA) is 93.1 Å². The molecule has 0 aliphatic heterocycles. The first-order chi connectivity index (χ1) is 18.6. The second-order valence-corrected chi connectivity index (χ2v) is 9.90. The molecule has 0 saturated heterocycles. The zero-order chi connectivity index (χ0) is 28.2. The lowest BCUT2D eigenvalue weighted by Gasteiger charge is -2.27. The summed E-state index contributed by atoms with van der Waals surface area (Å²) in [5, 5.41) is 8.76. The van der Waals surface area contributed by atoms with Crippen LogP contribution < -0.4 is 10.6 Å². The van der Waals surface area contributed by atoms with Crippen LogP contribution in [0.25, 0.3) is 5.69 Å². The van der Waals surface area contributed by atoms with Gasteiger partial charge in [-0.1, -0.05) is 36.4 Å². The van der Waals surface area contributed by atoms with Crippen LogP contribution >= 0.6 is 0 Å². The summed E-state index contributed by atoms with van der Waals surface area (Å²) in [7, 11) is 0. The average Bonchev–Trinajstić information content (AvgIpc) is 3.38. The molecule has 2 amide bonds. The van der Waals surface area contributed by atoms with Crippen molar-refractivity contribution in [2.45, 2.75) is 45.7 Å². The normalized spacial score (nSPS) is 17.5. The fourth-order valence-corrected chi connectivity index (χ4v) is 5.09. The van der Waals surface area contributed by atoms with Gasteiger partial charge in [-0.3, -0.25) is 14.4 Å². The molecule has 2 aromatic carbocycles. The van der Waals surface area contributed by atoms with Crippen molar-refractivity contribution < 1.29 is 27.6 Å². The lowest BCUT2D eigenvalue weighted by atomic mass is 9.77. The van der Waals surface area contributed by atoms with Gasteiger partial charge in [-0.2, -0.15) is 18.3 Å². The molecule has 206 valence electrons. The molecule has 1 fully saturated rings. The quantitative estimate of drug-likeness (QED) is 0.309. The summed E-state index contributed by atoms with van der Waals surface area (Å²) < 4.78 is 41.6. The van der Waals surface area contributed by atoms with E-state index in [0.717, 1.165) is 27.6 Å². The molecule has 1 aliphatic carbocycles. The zero-order valence-corrected chi connectivity index (χ0v) is 21.8. The van der Waals surface area contributed by atoms with E-state index in [1.54, 1.807) is 30.3 Å². The number of carbonyl (C=O) groups excluding carboxylic acids is 3. The molecule has 3 aromatic rings. The standard InChI is InChI=1S/C29H31F3N4O3/c1-18-7-6-8-19(2)24(18)25(37)20-11-13-21(14-12-20)27(38)33-15-16-34-28(39)23-17-36(22-9-4-3-5-10-22)35-26(23)29(30,31)32/h3-10,17,20-21H,11-16H2,1-2H3,(H,33,38)(H,34,39)/t20-,21-. The molecule has 4 rings (SSSR count). The maximum absolute atomic E-state index is 13.5. The van der Waals surface area contributed by atoms with Gasteiger partial charge in [0.05, 0.1) is 11.3 Å². The van der Waals surface area contributed by atoms with Gasteiger partial charge in [-0.05, 0) is 62.8 Å². The Kier molecular flexibility index (Phi) is 8.52. The first-order valence-electron chi connectivity index (χ1n) is 12.9. The molecule has 1 aromatic heterocycles. The third-order valence-corrected chi connectivity index (χ3v) is 7.15. The summed E-state index contributed by atoms with van der Waals surface area (Å²) in [5.41, 5.74) is 1.20. The molecule has 0 atom stereocenters. The Morgan fingerprint density at radius 1 is 0.872 bits per heavy atom. The highest BCUT2D eigenvalue weighted by atomic mass is 19.4. The highest BCUT2D eigenvalue weighted by Crippen LogP contribution is 2.33. The minimum absolute atomic E-state index is 0.0429. The molecule has 0 unspecified atom stereocenters. The minimum Gasteiger partial charge on any atom is -0.354 e. The summed E-state index contributed by atoms with van der Waals surface area (Å²) >= 11 is 0. The van der Waals surface area contributed by atoms with E-state index < -0.39 is 23.3 Å².